The Morgan fingerprint density at radius 2 is 2.28 bits per heavy atom. The molecule has 6 heteroatoms. The van der Waals surface area contributed by atoms with Crippen molar-refractivity contribution >= 4 is 11.4 Å². The molecule has 0 unspecified atom stereocenters. The Morgan fingerprint density at radius 3 is 2.83 bits per heavy atom. The van der Waals surface area contributed by atoms with E-state index in [9.17, 15) is 10.1 Å². The molecule has 18 heavy (non-hydrogen) atoms. The molecule has 1 aromatic carbocycles. The number of anilines is 1. The summed E-state index contributed by atoms with van der Waals surface area (Å²) in [7, 11) is 1.92. The van der Waals surface area contributed by atoms with Crippen molar-refractivity contribution in [3.05, 3.63) is 52.1 Å². The van der Waals surface area contributed by atoms with Crippen LogP contribution in [0, 0.1) is 17.0 Å². The zero-order valence-corrected chi connectivity index (χ0v) is 10.3. The first-order valence-corrected chi connectivity index (χ1v) is 5.53. The van der Waals surface area contributed by atoms with Crippen LogP contribution in [-0.4, -0.2) is 14.5 Å². The van der Waals surface area contributed by atoms with Crippen LogP contribution in [0.3, 0.4) is 0 Å². The second-order valence-electron chi connectivity index (χ2n) is 4.06. The topological polar surface area (TPSA) is 73.0 Å². The molecule has 0 amide bonds. The van der Waals surface area contributed by atoms with E-state index in [-0.39, 0.29) is 5.69 Å². The van der Waals surface area contributed by atoms with Crippen LogP contribution in [0.15, 0.2) is 30.6 Å². The highest BCUT2D eigenvalue weighted by Gasteiger charge is 2.08. The minimum atomic E-state index is -0.393. The molecule has 0 aliphatic rings. The van der Waals surface area contributed by atoms with Gasteiger partial charge in [-0.1, -0.05) is 0 Å². The minimum absolute atomic E-state index is 0.107. The van der Waals surface area contributed by atoms with Crippen molar-refractivity contribution < 1.29 is 4.92 Å². The van der Waals surface area contributed by atoms with E-state index in [0.717, 1.165) is 17.1 Å². The molecule has 6 nitrogen and oxygen atoms in total. The average Bonchev–Trinajstić information content (AvgIpc) is 2.73. The Balaban J connectivity index is 2.11. The normalized spacial score (nSPS) is 10.3. The Morgan fingerprint density at radius 1 is 1.50 bits per heavy atom. The highest BCUT2D eigenvalue weighted by Crippen LogP contribution is 2.21. The number of hydrogen-bond acceptors (Lipinski definition) is 4. The lowest BCUT2D eigenvalue weighted by molar-refractivity contribution is -0.384. The highest BCUT2D eigenvalue weighted by atomic mass is 16.6. The molecule has 1 N–H and O–H groups in total. The third-order valence-corrected chi connectivity index (χ3v) is 2.78. The second-order valence-corrected chi connectivity index (χ2v) is 4.06. The molecule has 0 radical (unpaired) electrons. The molecule has 2 aromatic rings. The van der Waals surface area contributed by atoms with Crippen LogP contribution >= 0.6 is 0 Å². The molecular formula is C12H14N4O2. The van der Waals surface area contributed by atoms with Gasteiger partial charge in [0.15, 0.2) is 0 Å². The molecule has 0 spiro atoms. The number of imidazole rings is 1. The lowest BCUT2D eigenvalue weighted by Gasteiger charge is -2.09. The summed E-state index contributed by atoms with van der Waals surface area (Å²) in [5, 5.41) is 13.8. The summed E-state index contributed by atoms with van der Waals surface area (Å²) in [6, 6.07) is 4.77. The molecule has 94 valence electrons. The predicted octanol–water partition coefficient (Wildman–Crippen LogP) is 2.25. The Labute approximate surface area is 104 Å². The SMILES string of the molecule is Cc1cc([N+](=O)[O-])ccc1NCc1nccn1C. The molecule has 0 saturated heterocycles. The van der Waals surface area contributed by atoms with Crippen molar-refractivity contribution in [2.45, 2.75) is 13.5 Å². The smallest absolute Gasteiger partial charge is 0.269 e. The summed E-state index contributed by atoms with van der Waals surface area (Å²) >= 11 is 0. The van der Waals surface area contributed by atoms with E-state index >= 15 is 0 Å². The number of nitrogens with zero attached hydrogens (tertiary/aromatic N) is 3. The summed E-state index contributed by atoms with van der Waals surface area (Å²) < 4.78 is 1.92. The van der Waals surface area contributed by atoms with E-state index in [0.29, 0.717) is 6.54 Å². The maximum absolute atomic E-state index is 10.6. The van der Waals surface area contributed by atoms with Crippen molar-refractivity contribution in [2.24, 2.45) is 7.05 Å². The Kier molecular flexibility index (Phi) is 3.27. The van der Waals surface area contributed by atoms with E-state index < -0.39 is 4.92 Å². The van der Waals surface area contributed by atoms with Gasteiger partial charge in [0.25, 0.3) is 5.69 Å². The van der Waals surface area contributed by atoms with Gasteiger partial charge in [-0.3, -0.25) is 10.1 Å². The van der Waals surface area contributed by atoms with Crippen LogP contribution in [-0.2, 0) is 13.6 Å². The minimum Gasteiger partial charge on any atom is -0.378 e. The molecule has 1 heterocycles. The lowest BCUT2D eigenvalue weighted by atomic mass is 10.2. The first-order chi connectivity index (χ1) is 8.58. The standard InChI is InChI=1S/C12H14N4O2/c1-9-7-10(16(17)18)3-4-11(9)14-8-12-13-5-6-15(12)2/h3-7,14H,8H2,1-2H3. The summed E-state index contributed by atoms with van der Waals surface area (Å²) in [6.07, 6.45) is 3.61. The van der Waals surface area contributed by atoms with Gasteiger partial charge in [0.05, 0.1) is 11.5 Å². The fraction of sp³-hybridized carbons (Fsp3) is 0.250. The Hall–Kier alpha value is -2.37. The van der Waals surface area contributed by atoms with Crippen molar-refractivity contribution in [2.75, 3.05) is 5.32 Å². The number of benzene rings is 1. The van der Waals surface area contributed by atoms with Crippen LogP contribution in [0.2, 0.25) is 0 Å². The average molecular weight is 246 g/mol. The van der Waals surface area contributed by atoms with Gasteiger partial charge in [0.2, 0.25) is 0 Å². The third kappa shape index (κ3) is 2.48. The van der Waals surface area contributed by atoms with Gasteiger partial charge in [-0.2, -0.15) is 0 Å². The highest BCUT2D eigenvalue weighted by molar-refractivity contribution is 5.55. The fourth-order valence-corrected chi connectivity index (χ4v) is 1.70. The number of rotatable bonds is 4. The summed E-state index contributed by atoms with van der Waals surface area (Å²) in [5.41, 5.74) is 1.83. The molecule has 0 aliphatic carbocycles. The molecule has 0 atom stereocenters. The molecule has 0 aliphatic heterocycles. The van der Waals surface area contributed by atoms with Crippen LogP contribution in [0.4, 0.5) is 11.4 Å². The van der Waals surface area contributed by atoms with Crippen LogP contribution in [0.1, 0.15) is 11.4 Å². The van der Waals surface area contributed by atoms with Crippen molar-refractivity contribution in [1.29, 1.82) is 0 Å². The van der Waals surface area contributed by atoms with Gasteiger partial charge in [-0.25, -0.2) is 4.98 Å². The van der Waals surface area contributed by atoms with Gasteiger partial charge in [-0.15, -0.1) is 0 Å². The third-order valence-electron chi connectivity index (χ3n) is 2.78. The van der Waals surface area contributed by atoms with E-state index in [2.05, 4.69) is 10.3 Å². The van der Waals surface area contributed by atoms with Crippen LogP contribution < -0.4 is 5.32 Å². The zero-order valence-electron chi connectivity index (χ0n) is 10.3. The van der Waals surface area contributed by atoms with E-state index in [4.69, 9.17) is 0 Å². The van der Waals surface area contributed by atoms with Crippen molar-refractivity contribution in [3.63, 3.8) is 0 Å². The number of nitro benzene ring substituents is 1. The zero-order chi connectivity index (χ0) is 13.1. The van der Waals surface area contributed by atoms with Crippen LogP contribution in [0.25, 0.3) is 0 Å². The predicted molar refractivity (Wildman–Crippen MR) is 68.4 cm³/mol. The molecule has 0 saturated carbocycles. The number of nitrogens with one attached hydrogen (secondary N) is 1. The van der Waals surface area contributed by atoms with E-state index in [1.54, 1.807) is 18.3 Å². The lowest BCUT2D eigenvalue weighted by Crippen LogP contribution is -2.06. The summed E-state index contributed by atoms with van der Waals surface area (Å²) in [5.74, 6) is 0.910. The number of aromatic nitrogens is 2. The first kappa shape index (κ1) is 12.1. The molecule has 1 aromatic heterocycles. The number of aryl methyl sites for hydroxylation is 2. The molecule has 0 bridgehead atoms. The van der Waals surface area contributed by atoms with E-state index in [1.165, 1.54) is 6.07 Å². The number of hydrogen-bond donors (Lipinski definition) is 1. The summed E-state index contributed by atoms with van der Waals surface area (Å²) in [4.78, 5) is 14.4. The fourth-order valence-electron chi connectivity index (χ4n) is 1.70. The van der Waals surface area contributed by atoms with Gasteiger partial charge in [0, 0.05) is 37.3 Å². The Bertz CT molecular complexity index is 577. The molecular weight excluding hydrogens is 232 g/mol. The van der Waals surface area contributed by atoms with Crippen molar-refractivity contribution in [1.82, 2.24) is 9.55 Å². The first-order valence-electron chi connectivity index (χ1n) is 5.53. The van der Waals surface area contributed by atoms with Gasteiger partial charge >= 0.3 is 0 Å². The van der Waals surface area contributed by atoms with Crippen LogP contribution in [0.5, 0.6) is 0 Å². The largest absolute Gasteiger partial charge is 0.378 e. The summed E-state index contributed by atoms with van der Waals surface area (Å²) in [6.45, 7) is 2.43. The second kappa shape index (κ2) is 4.87. The quantitative estimate of drug-likeness (QED) is 0.663. The number of non-ortho nitro benzene ring substituents is 1. The van der Waals surface area contributed by atoms with E-state index in [1.807, 2.05) is 24.7 Å². The van der Waals surface area contributed by atoms with Gasteiger partial charge in [0.1, 0.15) is 5.82 Å². The molecule has 2 rings (SSSR count). The monoisotopic (exact) mass is 246 g/mol. The number of nitro groups is 1. The van der Waals surface area contributed by atoms with Gasteiger partial charge in [-0.05, 0) is 18.6 Å². The maximum Gasteiger partial charge on any atom is 0.269 e. The van der Waals surface area contributed by atoms with Gasteiger partial charge < -0.3 is 9.88 Å². The molecule has 0 fully saturated rings. The van der Waals surface area contributed by atoms with Crippen molar-refractivity contribution in [3.8, 4) is 0 Å². The maximum atomic E-state index is 10.6.